The van der Waals surface area contributed by atoms with Crippen LogP contribution in [-0.2, 0) is 54.4 Å². The van der Waals surface area contributed by atoms with Crippen LogP contribution in [0.1, 0.15) is 102 Å². The molecule has 1 fully saturated rings. The quantitative estimate of drug-likeness (QED) is 0.0125. The average molecular weight is 1280 g/mol. The van der Waals surface area contributed by atoms with E-state index in [0.29, 0.717) is 63.7 Å². The molecule has 0 aromatic carbocycles. The molecule has 0 radical (unpaired) electrons. The Hall–Kier alpha value is -7.52. The van der Waals surface area contributed by atoms with Crippen LogP contribution >= 0.6 is 0 Å². The number of H-pyrrole nitrogens is 1. The molecule has 2 rings (SSSR count). The molecular formula is C54H101N23O13. The number of nitrogens with two attached hydrogens (primary N) is 9. The van der Waals surface area contributed by atoms with E-state index in [9.17, 15) is 63.3 Å². The first-order valence-electron chi connectivity index (χ1n) is 30.4. The number of guanidine groups is 1. The van der Waals surface area contributed by atoms with Crippen molar-refractivity contribution in [3.63, 3.8) is 0 Å². The standard InChI is InChI=1S/C54H101N23O13/c55-17-3-1-10-33(62)45(82)75-44(41(80)27-61)52(89)76-43(40(79)26-60)51(88)68-29-42(81)70-37(12-7-20-58)53(90)77-23-9-14-39(77)50(87)74-38(24-31-28-65-30-69-31)49(86)72-34(11-2-4-18-56)47(84)71-35(13-8-22-67-54(63)64)48(85)73-36(16-15-32(78)25-59)46(83)66-21-6-5-19-57/h13,28,30,32-34,36-41,43-44,78-80H,1-12,14-27,29,55-62H2,(H,65,69)(H,66,83)(H,68,88)(H,70,81)(H,71,84)(H,72,86)(H,73,85)(H,74,87)(H,75,82)(H,76,89)(H4,63,64,67)/b35-13-. The van der Waals surface area contributed by atoms with Gasteiger partial charge in [-0.05, 0) is 116 Å². The summed E-state index contributed by atoms with van der Waals surface area (Å²) in [5.74, 6) is -9.10. The minimum Gasteiger partial charge on any atom is -0.392 e. The summed E-state index contributed by atoms with van der Waals surface area (Å²) in [7, 11) is 0. The fourth-order valence-electron chi connectivity index (χ4n) is 9.25. The van der Waals surface area contributed by atoms with Gasteiger partial charge in [-0.15, -0.1) is 0 Å². The first-order chi connectivity index (χ1) is 43.0. The molecule has 0 saturated carbocycles. The van der Waals surface area contributed by atoms with Crippen LogP contribution in [-0.4, -0.2) is 234 Å². The number of carbonyl (C=O) groups excluding carboxylic acids is 10. The van der Waals surface area contributed by atoms with Gasteiger partial charge in [-0.2, -0.15) is 0 Å². The zero-order valence-electron chi connectivity index (χ0n) is 51.2. The first kappa shape index (κ1) is 78.6. The molecular weight excluding hydrogens is 1180 g/mol. The van der Waals surface area contributed by atoms with Gasteiger partial charge in [0.2, 0.25) is 53.2 Å². The Balaban J connectivity index is 2.39. The lowest BCUT2D eigenvalue weighted by molar-refractivity contribution is -0.142. The van der Waals surface area contributed by atoms with Crippen molar-refractivity contribution >= 4 is 65.0 Å². The summed E-state index contributed by atoms with van der Waals surface area (Å²) < 4.78 is 0. The summed E-state index contributed by atoms with van der Waals surface area (Å²) in [4.78, 5) is 147. The minimum absolute atomic E-state index is 0.0172. The minimum atomic E-state index is -1.84. The molecule has 2 heterocycles. The zero-order chi connectivity index (χ0) is 67.1. The van der Waals surface area contributed by atoms with Gasteiger partial charge in [0, 0.05) is 57.6 Å². The normalized spacial score (nSPS) is 16.5. The molecule has 1 saturated heterocycles. The lowest BCUT2D eigenvalue weighted by Crippen LogP contribution is -2.63. The lowest BCUT2D eigenvalue weighted by atomic mass is 10.0. The molecule has 1 aromatic rings. The molecule has 36 heteroatoms. The Morgan fingerprint density at radius 3 is 1.84 bits per heavy atom. The van der Waals surface area contributed by atoms with E-state index in [4.69, 9.17) is 57.0 Å². The van der Waals surface area contributed by atoms with Crippen LogP contribution in [0.3, 0.4) is 0 Å². The second-order valence-electron chi connectivity index (χ2n) is 21.6. The zero-order valence-corrected chi connectivity index (χ0v) is 51.2. The van der Waals surface area contributed by atoms with E-state index in [1.54, 1.807) is 0 Å². The summed E-state index contributed by atoms with van der Waals surface area (Å²) in [6, 6.07) is -11.2. The topological polar surface area (TPSA) is 642 Å². The van der Waals surface area contributed by atoms with Gasteiger partial charge in [-0.3, -0.25) is 53.4 Å². The maximum atomic E-state index is 14.5. The van der Waals surface area contributed by atoms with Crippen LogP contribution in [0, 0.1) is 5.41 Å². The molecule has 1 aliphatic rings. The molecule has 11 atom stereocenters. The van der Waals surface area contributed by atoms with Crippen molar-refractivity contribution in [2.75, 3.05) is 72.0 Å². The highest BCUT2D eigenvalue weighted by Gasteiger charge is 2.40. The third kappa shape index (κ3) is 29.0. The summed E-state index contributed by atoms with van der Waals surface area (Å²) in [6.45, 7) is -0.657. The summed E-state index contributed by atoms with van der Waals surface area (Å²) in [5.41, 5.74) is 51.0. The molecule has 0 aliphatic carbocycles. The average Bonchev–Trinajstić information content (AvgIpc) is 2.17. The number of aromatic amines is 1. The van der Waals surface area contributed by atoms with E-state index >= 15 is 0 Å². The van der Waals surface area contributed by atoms with Crippen molar-refractivity contribution in [3.8, 4) is 0 Å². The van der Waals surface area contributed by atoms with Crippen molar-refractivity contribution in [3.05, 3.63) is 30.0 Å². The van der Waals surface area contributed by atoms with Gasteiger partial charge in [0.25, 0.3) is 5.91 Å². The number of unbranched alkanes of at least 4 members (excludes halogenated alkanes) is 3. The third-order valence-electron chi connectivity index (χ3n) is 14.4. The van der Waals surface area contributed by atoms with Crippen LogP contribution in [0.2, 0.25) is 0 Å². The number of likely N-dealkylation sites (tertiary alicyclic amines) is 1. The first-order valence-corrected chi connectivity index (χ1v) is 30.4. The number of nitrogens with zero attached hydrogens (tertiary/aromatic N) is 2. The Morgan fingerprint density at radius 2 is 1.23 bits per heavy atom. The van der Waals surface area contributed by atoms with Crippen LogP contribution in [0.5, 0.6) is 0 Å². The van der Waals surface area contributed by atoms with Crippen molar-refractivity contribution < 1.29 is 63.3 Å². The van der Waals surface area contributed by atoms with Gasteiger partial charge < -0.3 is 130 Å². The number of aliphatic hydroxyl groups is 3. The van der Waals surface area contributed by atoms with Crippen LogP contribution in [0.15, 0.2) is 24.3 Å². The molecule has 510 valence electrons. The van der Waals surface area contributed by atoms with Gasteiger partial charge in [-0.25, -0.2) is 4.98 Å². The highest BCUT2D eigenvalue weighted by atomic mass is 16.3. The van der Waals surface area contributed by atoms with Crippen molar-refractivity contribution in [1.82, 2.24) is 68.0 Å². The van der Waals surface area contributed by atoms with Gasteiger partial charge >= 0.3 is 0 Å². The van der Waals surface area contributed by atoms with Crippen molar-refractivity contribution in [2.45, 2.75) is 169 Å². The molecule has 11 unspecified atom stereocenters. The molecule has 0 spiro atoms. The number of aromatic nitrogens is 2. The van der Waals surface area contributed by atoms with Gasteiger partial charge in [-0.1, -0.05) is 12.5 Å². The Kier molecular flexibility index (Phi) is 38.4. The molecule has 36 nitrogen and oxygen atoms in total. The number of rotatable bonds is 46. The van der Waals surface area contributed by atoms with Crippen molar-refractivity contribution in [2.24, 2.45) is 51.6 Å². The maximum Gasteiger partial charge on any atom is 0.268 e. The molecule has 0 bridgehead atoms. The van der Waals surface area contributed by atoms with Gasteiger partial charge in [0.1, 0.15) is 48.0 Å². The van der Waals surface area contributed by atoms with E-state index in [2.05, 4.69) is 63.1 Å². The number of hydrogen-bond donors (Lipinski definition) is 24. The highest BCUT2D eigenvalue weighted by molar-refractivity contribution is 6.02. The van der Waals surface area contributed by atoms with E-state index in [-0.39, 0.29) is 109 Å². The van der Waals surface area contributed by atoms with E-state index in [1.165, 1.54) is 23.5 Å². The molecule has 33 N–H and O–H groups in total. The molecule has 1 aliphatic heterocycles. The fourth-order valence-corrected chi connectivity index (χ4v) is 9.25. The third-order valence-corrected chi connectivity index (χ3v) is 14.4. The fraction of sp³-hybridized carbons (Fsp3) is 0.704. The smallest absolute Gasteiger partial charge is 0.268 e. The summed E-state index contributed by atoms with van der Waals surface area (Å²) >= 11 is 0. The van der Waals surface area contributed by atoms with Gasteiger partial charge in [0.05, 0.1) is 37.2 Å². The monoisotopic (exact) mass is 1280 g/mol. The number of imidazole rings is 1. The van der Waals surface area contributed by atoms with Crippen LogP contribution in [0.4, 0.5) is 0 Å². The number of aliphatic hydroxyl groups excluding tert-OH is 3. The van der Waals surface area contributed by atoms with E-state index < -0.39 is 145 Å². The SMILES string of the molecule is N=C(N)NCC/C=C(\NC(=O)C(CCCCN)NC(=O)C(Cc1cnc[nH]1)NC(=O)C1CCCN1C(=O)C(CCCN)NC(=O)CNC(=O)C(NC(=O)C(NC(=O)C(N)CCCCN)C(O)CN)C(O)CN)C(=O)NC(CCC(O)CN)C(=O)NCCCCN. The number of amides is 10. The second-order valence-corrected chi connectivity index (χ2v) is 21.6. The van der Waals surface area contributed by atoms with E-state index in [1.807, 2.05) is 0 Å². The van der Waals surface area contributed by atoms with Crippen LogP contribution < -0.4 is 105 Å². The van der Waals surface area contributed by atoms with Crippen molar-refractivity contribution in [1.29, 1.82) is 5.41 Å². The number of nitrogens with one attached hydrogen (secondary N) is 12. The second kappa shape index (κ2) is 44.0. The maximum absolute atomic E-state index is 14.5. The molecule has 1 aromatic heterocycles. The largest absolute Gasteiger partial charge is 0.392 e. The predicted octanol–water partition coefficient (Wildman–Crippen LogP) is -10.2. The Labute approximate surface area is 523 Å². The molecule has 10 amide bonds. The lowest BCUT2D eigenvalue weighted by Gasteiger charge is -2.30. The summed E-state index contributed by atoms with van der Waals surface area (Å²) in [5, 5.41) is 64.4. The van der Waals surface area contributed by atoms with E-state index in [0.717, 1.165) is 0 Å². The summed E-state index contributed by atoms with van der Waals surface area (Å²) in [6.07, 6.45) is 3.20. The van der Waals surface area contributed by atoms with Crippen LogP contribution in [0.25, 0.3) is 0 Å². The predicted molar refractivity (Wildman–Crippen MR) is 330 cm³/mol. The highest BCUT2D eigenvalue weighted by Crippen LogP contribution is 2.21. The number of carbonyl (C=O) groups is 10. The Morgan fingerprint density at radius 1 is 0.622 bits per heavy atom. The number of hydrogen-bond acceptors (Lipinski definition) is 23. The van der Waals surface area contributed by atoms with Gasteiger partial charge in [0.15, 0.2) is 5.96 Å². The Bertz CT molecular complexity index is 2440. The molecule has 90 heavy (non-hydrogen) atoms.